The van der Waals surface area contributed by atoms with Gasteiger partial charge in [0.05, 0.1) is 0 Å². The van der Waals surface area contributed by atoms with Crippen LogP contribution in [0.2, 0.25) is 0 Å². The van der Waals surface area contributed by atoms with E-state index in [2.05, 4.69) is 36.5 Å². The van der Waals surface area contributed by atoms with Crippen molar-refractivity contribution in [2.45, 2.75) is 24.3 Å². The summed E-state index contributed by atoms with van der Waals surface area (Å²) < 4.78 is 5.46. The maximum atomic E-state index is 11.9. The smallest absolute Gasteiger partial charge is 0.220 e. The number of benzene rings is 1. The Kier molecular flexibility index (Phi) is 6.96. The van der Waals surface area contributed by atoms with E-state index < -0.39 is 0 Å². The molecule has 0 aliphatic heterocycles. The molecule has 1 aromatic carbocycles. The third-order valence-corrected chi connectivity index (χ3v) is 5.30. The van der Waals surface area contributed by atoms with E-state index >= 15 is 0 Å². The summed E-state index contributed by atoms with van der Waals surface area (Å²) in [6, 6.07) is 14.3. The van der Waals surface area contributed by atoms with Crippen LogP contribution in [0.3, 0.4) is 0 Å². The highest BCUT2D eigenvalue weighted by atomic mass is 32.2. The van der Waals surface area contributed by atoms with Gasteiger partial charge in [-0.25, -0.2) is 0 Å². The second-order valence-corrected chi connectivity index (χ2v) is 7.38. The molecule has 2 rings (SSSR count). The van der Waals surface area contributed by atoms with Crippen LogP contribution < -0.4 is 5.32 Å². The second kappa shape index (κ2) is 8.98. The van der Waals surface area contributed by atoms with Crippen LogP contribution in [0.5, 0.6) is 0 Å². The highest BCUT2D eigenvalue weighted by Crippen LogP contribution is 2.24. The van der Waals surface area contributed by atoms with E-state index in [4.69, 9.17) is 4.74 Å². The van der Waals surface area contributed by atoms with Crippen LogP contribution >= 0.6 is 23.1 Å². The minimum Gasteiger partial charge on any atom is -0.374 e. The molecule has 1 atom stereocenters. The molecule has 1 aromatic heterocycles. The quantitative estimate of drug-likeness (QED) is 0.740. The predicted octanol–water partition coefficient (Wildman–Crippen LogP) is 4.04. The Morgan fingerprint density at radius 1 is 1.27 bits per heavy atom. The van der Waals surface area contributed by atoms with Crippen molar-refractivity contribution in [1.29, 1.82) is 0 Å². The normalized spacial score (nSPS) is 12.1. The number of nitrogens with one attached hydrogen (secondary N) is 1. The van der Waals surface area contributed by atoms with Crippen LogP contribution in [0.1, 0.15) is 22.3 Å². The summed E-state index contributed by atoms with van der Waals surface area (Å²) in [6.45, 7) is 2.59. The average Bonchev–Trinajstić information content (AvgIpc) is 2.95. The molecule has 0 aliphatic carbocycles. The number of hydrogen-bond acceptors (Lipinski definition) is 4. The first-order valence-electron chi connectivity index (χ1n) is 7.22. The van der Waals surface area contributed by atoms with Crippen molar-refractivity contribution < 1.29 is 9.53 Å². The SMILES string of the molecule is COC(CNC(=O)CCSc1ccccc1)c1ccc(C)s1. The van der Waals surface area contributed by atoms with Crippen LogP contribution in [0.4, 0.5) is 0 Å². The van der Waals surface area contributed by atoms with Gasteiger partial charge in [-0.05, 0) is 31.2 Å². The molecule has 0 aliphatic rings. The van der Waals surface area contributed by atoms with Crippen molar-refractivity contribution in [2.24, 2.45) is 0 Å². The third kappa shape index (κ3) is 5.48. The van der Waals surface area contributed by atoms with Gasteiger partial charge >= 0.3 is 0 Å². The number of ether oxygens (including phenoxy) is 1. The number of amides is 1. The Hall–Kier alpha value is -1.30. The minimum atomic E-state index is -0.0653. The monoisotopic (exact) mass is 335 g/mol. The first kappa shape index (κ1) is 17.1. The lowest BCUT2D eigenvalue weighted by atomic mass is 10.3. The summed E-state index contributed by atoms with van der Waals surface area (Å²) in [5.74, 6) is 0.852. The second-order valence-electron chi connectivity index (χ2n) is 4.89. The van der Waals surface area contributed by atoms with E-state index in [1.165, 1.54) is 9.77 Å². The molecule has 1 unspecified atom stereocenters. The first-order chi connectivity index (χ1) is 10.7. The van der Waals surface area contributed by atoms with E-state index in [9.17, 15) is 4.79 Å². The Morgan fingerprint density at radius 2 is 2.05 bits per heavy atom. The van der Waals surface area contributed by atoms with Crippen molar-refractivity contribution in [3.05, 3.63) is 52.2 Å². The number of aryl methyl sites for hydroxylation is 1. The third-order valence-electron chi connectivity index (χ3n) is 3.19. The van der Waals surface area contributed by atoms with E-state index in [-0.39, 0.29) is 12.0 Å². The molecule has 2 aromatic rings. The fraction of sp³-hybridized carbons (Fsp3) is 0.353. The molecule has 0 saturated carbocycles. The largest absolute Gasteiger partial charge is 0.374 e. The topological polar surface area (TPSA) is 38.3 Å². The Labute approximate surface area is 140 Å². The van der Waals surface area contributed by atoms with Crippen LogP contribution in [0, 0.1) is 6.92 Å². The van der Waals surface area contributed by atoms with Gasteiger partial charge in [0.2, 0.25) is 5.91 Å². The minimum absolute atomic E-state index is 0.0653. The summed E-state index contributed by atoms with van der Waals surface area (Å²) in [6.07, 6.45) is 0.448. The van der Waals surface area contributed by atoms with Gasteiger partial charge in [-0.15, -0.1) is 23.1 Å². The van der Waals surface area contributed by atoms with Gasteiger partial charge in [0.15, 0.2) is 0 Å². The zero-order valence-electron chi connectivity index (χ0n) is 12.9. The lowest BCUT2D eigenvalue weighted by Gasteiger charge is -2.14. The Balaban J connectivity index is 1.70. The highest BCUT2D eigenvalue weighted by molar-refractivity contribution is 7.99. The molecule has 0 fully saturated rings. The molecule has 22 heavy (non-hydrogen) atoms. The summed E-state index contributed by atoms with van der Waals surface area (Å²) in [5.41, 5.74) is 0. The van der Waals surface area contributed by atoms with Crippen molar-refractivity contribution in [1.82, 2.24) is 5.32 Å². The van der Waals surface area contributed by atoms with E-state index in [1.807, 2.05) is 18.2 Å². The fourth-order valence-corrected chi connectivity index (χ4v) is 3.83. The van der Waals surface area contributed by atoms with Gasteiger partial charge in [0, 0.05) is 40.5 Å². The molecular weight excluding hydrogens is 314 g/mol. The number of hydrogen-bond donors (Lipinski definition) is 1. The van der Waals surface area contributed by atoms with Crippen LogP contribution in [-0.4, -0.2) is 25.3 Å². The van der Waals surface area contributed by atoms with Crippen molar-refractivity contribution in [2.75, 3.05) is 19.4 Å². The standard InChI is InChI=1S/C17H21NO2S2/c1-13-8-9-16(22-13)15(20-2)12-18-17(19)10-11-21-14-6-4-3-5-7-14/h3-9,15H,10-12H2,1-2H3,(H,18,19). The average molecular weight is 335 g/mol. The van der Waals surface area contributed by atoms with E-state index in [1.54, 1.807) is 30.2 Å². The molecule has 0 spiro atoms. The zero-order chi connectivity index (χ0) is 15.8. The molecular formula is C17H21NO2S2. The summed E-state index contributed by atoms with van der Waals surface area (Å²) in [7, 11) is 1.68. The zero-order valence-corrected chi connectivity index (χ0v) is 14.5. The van der Waals surface area contributed by atoms with Crippen molar-refractivity contribution in [3.8, 4) is 0 Å². The van der Waals surface area contributed by atoms with E-state index in [0.717, 1.165) is 10.6 Å². The molecule has 0 saturated heterocycles. The van der Waals surface area contributed by atoms with Crippen molar-refractivity contribution in [3.63, 3.8) is 0 Å². The highest BCUT2D eigenvalue weighted by Gasteiger charge is 2.13. The Morgan fingerprint density at radius 3 is 2.68 bits per heavy atom. The lowest BCUT2D eigenvalue weighted by molar-refractivity contribution is -0.121. The van der Waals surface area contributed by atoms with Crippen LogP contribution in [-0.2, 0) is 9.53 Å². The summed E-state index contributed by atoms with van der Waals surface area (Å²) in [5, 5.41) is 2.96. The van der Waals surface area contributed by atoms with Gasteiger partial charge in [0.1, 0.15) is 6.10 Å². The number of thiophene rings is 1. The molecule has 0 radical (unpaired) electrons. The number of thioether (sulfide) groups is 1. The molecule has 5 heteroatoms. The molecule has 1 amide bonds. The van der Waals surface area contributed by atoms with Gasteiger partial charge < -0.3 is 10.1 Å². The lowest BCUT2D eigenvalue weighted by Crippen LogP contribution is -2.29. The van der Waals surface area contributed by atoms with Crippen molar-refractivity contribution >= 4 is 29.0 Å². The van der Waals surface area contributed by atoms with Crippen LogP contribution in [0.15, 0.2) is 47.4 Å². The number of methoxy groups -OCH3 is 1. The predicted molar refractivity (Wildman–Crippen MR) is 93.6 cm³/mol. The molecule has 1 heterocycles. The summed E-state index contributed by atoms with van der Waals surface area (Å²) >= 11 is 3.41. The molecule has 1 N–H and O–H groups in total. The molecule has 0 bridgehead atoms. The van der Waals surface area contributed by atoms with Gasteiger partial charge in [0.25, 0.3) is 0 Å². The number of carbonyl (C=O) groups is 1. The number of rotatable bonds is 8. The van der Waals surface area contributed by atoms with Crippen LogP contribution in [0.25, 0.3) is 0 Å². The van der Waals surface area contributed by atoms with Gasteiger partial charge in [-0.2, -0.15) is 0 Å². The van der Waals surface area contributed by atoms with Gasteiger partial charge in [-0.1, -0.05) is 18.2 Å². The maximum absolute atomic E-state index is 11.9. The fourth-order valence-electron chi connectivity index (χ4n) is 2.00. The first-order valence-corrected chi connectivity index (χ1v) is 9.03. The number of carbonyl (C=O) groups excluding carboxylic acids is 1. The maximum Gasteiger partial charge on any atom is 0.220 e. The molecule has 3 nitrogen and oxygen atoms in total. The Bertz CT molecular complexity index is 583. The van der Waals surface area contributed by atoms with Gasteiger partial charge in [-0.3, -0.25) is 4.79 Å². The molecule has 118 valence electrons. The summed E-state index contributed by atoms with van der Waals surface area (Å²) in [4.78, 5) is 15.5. The van der Waals surface area contributed by atoms with E-state index in [0.29, 0.717) is 13.0 Å².